The van der Waals surface area contributed by atoms with Gasteiger partial charge >= 0.3 is 6.18 Å². The zero-order chi connectivity index (χ0) is 55.0. The lowest BCUT2D eigenvalue weighted by atomic mass is 9.65. The van der Waals surface area contributed by atoms with Crippen molar-refractivity contribution in [2.45, 2.75) is 95.7 Å². The van der Waals surface area contributed by atoms with Gasteiger partial charge in [-0.3, -0.25) is 34.2 Å². The number of carbonyl (C=O) groups excluding carboxylic acids is 3. The van der Waals surface area contributed by atoms with Gasteiger partial charge in [0.05, 0.1) is 59.8 Å². The summed E-state index contributed by atoms with van der Waals surface area (Å²) in [4.78, 5) is 66.3. The van der Waals surface area contributed by atoms with Crippen LogP contribution in [0.2, 0.25) is 0 Å². The molecule has 13 rings (SSSR count). The molecule has 14 nitrogen and oxygen atoms in total. The summed E-state index contributed by atoms with van der Waals surface area (Å²) >= 11 is 1.38. The highest BCUT2D eigenvalue weighted by Gasteiger charge is 2.64. The molecule has 6 saturated heterocycles. The molecular formula is C62H71F3N8O6S. The van der Waals surface area contributed by atoms with Crippen molar-refractivity contribution in [1.82, 2.24) is 39.9 Å². The molecule has 80 heavy (non-hydrogen) atoms. The van der Waals surface area contributed by atoms with Gasteiger partial charge < -0.3 is 29.3 Å². The summed E-state index contributed by atoms with van der Waals surface area (Å²) < 4.78 is 59.5. The van der Waals surface area contributed by atoms with Crippen LogP contribution in [-0.2, 0) is 31.8 Å². The van der Waals surface area contributed by atoms with E-state index in [0.717, 1.165) is 93.0 Å². The van der Waals surface area contributed by atoms with Crippen LogP contribution in [0, 0.1) is 34.0 Å². The maximum Gasteiger partial charge on any atom is 0.416 e. The third-order valence-corrected chi connectivity index (χ3v) is 19.8. The summed E-state index contributed by atoms with van der Waals surface area (Å²) in [6.45, 7) is 13.2. The number of alkyl halides is 3. The molecule has 3 amide bonds. The van der Waals surface area contributed by atoms with E-state index in [-0.39, 0.29) is 76.9 Å². The average molecular weight is 1110 g/mol. The van der Waals surface area contributed by atoms with Gasteiger partial charge in [-0.15, -0.1) is 11.3 Å². The first-order valence-electron chi connectivity index (χ1n) is 28.9. The number of benzene rings is 2. The minimum absolute atomic E-state index is 0.0225. The molecule has 2 saturated carbocycles. The van der Waals surface area contributed by atoms with E-state index in [0.29, 0.717) is 81.1 Å². The smallest absolute Gasteiger partial charge is 0.377 e. The van der Waals surface area contributed by atoms with Crippen molar-refractivity contribution in [1.29, 1.82) is 0 Å². The summed E-state index contributed by atoms with van der Waals surface area (Å²) in [6, 6.07) is 22.9. The topological polar surface area (TPSA) is 143 Å². The van der Waals surface area contributed by atoms with E-state index in [1.807, 2.05) is 9.80 Å². The number of amides is 3. The Hall–Kier alpha value is -5.63. The Bertz CT molecular complexity index is 3080. The minimum atomic E-state index is -4.47. The Labute approximate surface area is 469 Å². The number of likely N-dealkylation sites (tertiary alicyclic amines) is 4. The fourth-order valence-corrected chi connectivity index (χ4v) is 14.9. The highest BCUT2D eigenvalue weighted by molar-refractivity contribution is 7.11. The molecule has 2 aliphatic carbocycles. The first-order valence-corrected chi connectivity index (χ1v) is 29.8. The van der Waals surface area contributed by atoms with E-state index in [4.69, 9.17) is 19.2 Å². The summed E-state index contributed by atoms with van der Waals surface area (Å²) in [7, 11) is 0. The Balaban J connectivity index is 0.804. The predicted octanol–water partition coefficient (Wildman–Crippen LogP) is 9.39. The molecule has 0 radical (unpaired) electrons. The quantitative estimate of drug-likeness (QED) is 0.0952. The van der Waals surface area contributed by atoms with Crippen LogP contribution in [0.5, 0.6) is 0 Å². The third kappa shape index (κ3) is 10.7. The molecule has 3 unspecified atom stereocenters. The van der Waals surface area contributed by atoms with E-state index in [2.05, 4.69) is 75.3 Å². The van der Waals surface area contributed by atoms with Gasteiger partial charge in [-0.1, -0.05) is 56.3 Å². The first kappa shape index (κ1) is 53.7. The van der Waals surface area contributed by atoms with Crippen molar-refractivity contribution in [3.8, 4) is 22.5 Å². The number of ether oxygens (including phenoxy) is 3. The average Bonchev–Trinajstić information content (AvgIpc) is 4.11. The van der Waals surface area contributed by atoms with Crippen LogP contribution in [0.3, 0.4) is 0 Å². The number of hydrogen-bond acceptors (Lipinski definition) is 12. The standard InChI is InChI=1S/C62H71F3N8O6S/c1-59(2)24-50(59)57(75)73-36-61(37-73)45(25-67-56(74)52-9-3-8-51(69-52)41-16-18-44(19-17-41)62(63,64)65)27-71(30-49-7-5-21-79-49)55(61)43-22-47(68-53(23-43)42-14-12-40(13-15-42)39-10-11-39)32-77-31-46-28-72(58(76)54-26-66-38-80-54)35-60(46)33-70(34-60)29-48-6-4-20-78-48/h3,8-9,12-19,22-23,26,38-39,45-46,48-50,55H,4-7,10-11,20-21,24-25,27-37H2,1-2H3,(H,67,74)/t45-,46+,48?,49?,50-,55?/m1/s1. The maximum absolute atomic E-state index is 14.3. The number of nitrogens with one attached hydrogen (secondary N) is 1. The number of nitrogens with zero attached hydrogens (tertiary/aromatic N) is 7. The van der Waals surface area contributed by atoms with Gasteiger partial charge in [-0.2, -0.15) is 13.2 Å². The highest BCUT2D eigenvalue weighted by Crippen LogP contribution is 2.59. The van der Waals surface area contributed by atoms with Gasteiger partial charge in [-0.25, -0.2) is 4.98 Å². The molecule has 422 valence electrons. The van der Waals surface area contributed by atoms with Gasteiger partial charge in [0.25, 0.3) is 11.8 Å². The number of carbonyl (C=O) groups is 3. The molecule has 8 aliphatic rings. The lowest BCUT2D eigenvalue weighted by molar-refractivity contribution is -0.150. The van der Waals surface area contributed by atoms with E-state index in [1.54, 1.807) is 29.9 Å². The molecule has 9 heterocycles. The molecule has 5 aromatic rings. The second kappa shape index (κ2) is 21.3. The molecule has 2 spiro atoms. The third-order valence-electron chi connectivity index (χ3n) is 19.1. The molecule has 6 atom stereocenters. The molecule has 1 N–H and O–H groups in total. The Morgan fingerprint density at radius 1 is 0.787 bits per heavy atom. The minimum Gasteiger partial charge on any atom is -0.377 e. The van der Waals surface area contributed by atoms with Crippen LogP contribution >= 0.6 is 11.3 Å². The number of aromatic nitrogens is 3. The number of hydrogen-bond donors (Lipinski definition) is 1. The number of thiazole rings is 1. The second-order valence-corrected chi connectivity index (χ2v) is 26.0. The van der Waals surface area contributed by atoms with Crippen molar-refractivity contribution in [2.24, 2.45) is 34.0 Å². The van der Waals surface area contributed by atoms with Crippen molar-refractivity contribution < 1.29 is 41.8 Å². The molecule has 0 bridgehead atoms. The molecule has 3 aromatic heterocycles. The maximum atomic E-state index is 14.3. The fourth-order valence-electron chi connectivity index (χ4n) is 14.4. The lowest BCUT2D eigenvalue weighted by Crippen LogP contribution is -2.64. The van der Waals surface area contributed by atoms with Crippen molar-refractivity contribution >= 4 is 29.1 Å². The van der Waals surface area contributed by atoms with Crippen LogP contribution in [0.4, 0.5) is 13.2 Å². The second-order valence-electron chi connectivity index (χ2n) is 25.2. The van der Waals surface area contributed by atoms with Crippen molar-refractivity contribution in [3.05, 3.63) is 124 Å². The van der Waals surface area contributed by atoms with Crippen LogP contribution in [0.15, 0.2) is 90.6 Å². The van der Waals surface area contributed by atoms with Gasteiger partial charge in [0.1, 0.15) is 10.6 Å². The Morgan fingerprint density at radius 3 is 2.16 bits per heavy atom. The molecule has 18 heteroatoms. The molecule has 2 aromatic carbocycles. The van der Waals surface area contributed by atoms with Gasteiger partial charge in [0, 0.05) is 118 Å². The SMILES string of the molecule is CC1(C)C[C@@H]1C(=O)N1CC2(C1)C(c1cc(COC[C@@H]3CN(C(=O)c4cncs4)CC34CN(CC3CCCO3)C4)nc(-c3ccc(C4CC4)cc3)c1)N(CC1CCCO1)C[C@H]2CNC(=O)c1cccc(-c2ccc(C(F)(F)F)cc2)n1. The van der Waals surface area contributed by atoms with Gasteiger partial charge in [0.2, 0.25) is 5.91 Å². The predicted molar refractivity (Wildman–Crippen MR) is 295 cm³/mol. The lowest BCUT2D eigenvalue weighted by Gasteiger charge is -2.55. The highest BCUT2D eigenvalue weighted by atomic mass is 32.1. The van der Waals surface area contributed by atoms with E-state index < -0.39 is 17.2 Å². The largest absolute Gasteiger partial charge is 0.416 e. The first-order chi connectivity index (χ1) is 38.6. The summed E-state index contributed by atoms with van der Waals surface area (Å²) in [5.41, 5.74) is 6.46. The Kier molecular flexibility index (Phi) is 14.3. The fraction of sp³-hybridized carbons (Fsp3) is 0.548. The number of pyridine rings is 2. The van der Waals surface area contributed by atoms with Crippen molar-refractivity contribution in [2.75, 3.05) is 85.3 Å². The number of rotatable bonds is 17. The van der Waals surface area contributed by atoms with Gasteiger partial charge in [-0.05, 0) is 110 Å². The normalized spacial score (nSPS) is 26.7. The van der Waals surface area contributed by atoms with Crippen LogP contribution < -0.4 is 5.32 Å². The van der Waals surface area contributed by atoms with Crippen LogP contribution in [-0.4, -0.2) is 150 Å². The summed E-state index contributed by atoms with van der Waals surface area (Å²) in [6.07, 6.45) is 4.84. The van der Waals surface area contributed by atoms with E-state index in [9.17, 15) is 27.6 Å². The van der Waals surface area contributed by atoms with Crippen molar-refractivity contribution in [3.63, 3.8) is 0 Å². The zero-order valence-electron chi connectivity index (χ0n) is 45.7. The van der Waals surface area contributed by atoms with Crippen LogP contribution in [0.25, 0.3) is 22.5 Å². The molecular weight excluding hydrogens is 1040 g/mol. The summed E-state index contributed by atoms with van der Waals surface area (Å²) in [5, 5.41) is 3.25. The van der Waals surface area contributed by atoms with E-state index in [1.165, 1.54) is 41.9 Å². The Morgan fingerprint density at radius 2 is 1.50 bits per heavy atom. The monoisotopic (exact) mass is 1110 g/mol. The summed E-state index contributed by atoms with van der Waals surface area (Å²) in [5.74, 6) is 0.429. The molecule has 8 fully saturated rings. The number of halogens is 3. The molecule has 6 aliphatic heterocycles. The zero-order valence-corrected chi connectivity index (χ0v) is 46.5. The van der Waals surface area contributed by atoms with Gasteiger partial charge in [0.15, 0.2) is 0 Å². The van der Waals surface area contributed by atoms with Crippen LogP contribution in [0.1, 0.15) is 113 Å². The van der Waals surface area contributed by atoms with E-state index >= 15 is 0 Å².